The summed E-state index contributed by atoms with van der Waals surface area (Å²) in [5.41, 5.74) is 2.17. The second kappa shape index (κ2) is 9.49. The van der Waals surface area contributed by atoms with Crippen LogP contribution in [0, 0.1) is 0 Å². The number of amides is 1. The molecule has 0 aliphatic carbocycles. The lowest BCUT2D eigenvalue weighted by molar-refractivity contribution is -0.113. The Morgan fingerprint density at radius 3 is 2.71 bits per heavy atom. The van der Waals surface area contributed by atoms with Gasteiger partial charge < -0.3 is 10.1 Å². The molecule has 0 radical (unpaired) electrons. The van der Waals surface area contributed by atoms with Crippen LogP contribution in [0.1, 0.15) is 22.8 Å². The Morgan fingerprint density at radius 1 is 1.17 bits per heavy atom. The quantitative estimate of drug-likeness (QED) is 0.686. The van der Waals surface area contributed by atoms with Crippen molar-refractivity contribution in [1.29, 1.82) is 0 Å². The van der Waals surface area contributed by atoms with Crippen molar-refractivity contribution in [2.75, 3.05) is 17.7 Å². The van der Waals surface area contributed by atoms with Crippen LogP contribution in [0.25, 0.3) is 0 Å². The van der Waals surface area contributed by atoms with Gasteiger partial charge in [-0.25, -0.2) is 4.79 Å². The molecule has 2 aromatic rings. The Morgan fingerprint density at radius 2 is 1.96 bits per heavy atom. The Kier molecular flexibility index (Phi) is 7.34. The summed E-state index contributed by atoms with van der Waals surface area (Å²) >= 11 is 5.03. The van der Waals surface area contributed by atoms with Crippen LogP contribution in [0.5, 0.6) is 0 Å². The Hall–Kier alpha value is -1.79. The van der Waals surface area contributed by atoms with Gasteiger partial charge in [0.15, 0.2) is 0 Å². The average Bonchev–Trinajstić information content (AvgIpc) is 2.57. The molecular weight excluding hydrogens is 390 g/mol. The van der Waals surface area contributed by atoms with Crippen molar-refractivity contribution in [1.82, 2.24) is 0 Å². The van der Waals surface area contributed by atoms with Crippen molar-refractivity contribution in [2.24, 2.45) is 0 Å². The highest BCUT2D eigenvalue weighted by Crippen LogP contribution is 2.21. The van der Waals surface area contributed by atoms with Gasteiger partial charge in [0.1, 0.15) is 0 Å². The molecule has 0 unspecified atom stereocenters. The van der Waals surface area contributed by atoms with E-state index in [9.17, 15) is 9.59 Å². The highest BCUT2D eigenvalue weighted by Gasteiger charge is 2.09. The van der Waals surface area contributed by atoms with Crippen LogP contribution in [-0.4, -0.2) is 24.2 Å². The number of carbonyl (C=O) groups excluding carboxylic acids is 2. The molecule has 126 valence electrons. The van der Waals surface area contributed by atoms with Gasteiger partial charge in [-0.3, -0.25) is 4.79 Å². The highest BCUT2D eigenvalue weighted by atomic mass is 79.9. The fraction of sp³-hybridized carbons (Fsp3) is 0.222. The van der Waals surface area contributed by atoms with Crippen molar-refractivity contribution in [3.8, 4) is 0 Å². The van der Waals surface area contributed by atoms with Crippen LogP contribution >= 0.6 is 27.7 Å². The van der Waals surface area contributed by atoms with Crippen LogP contribution in [0.3, 0.4) is 0 Å². The van der Waals surface area contributed by atoms with E-state index in [1.54, 1.807) is 31.2 Å². The zero-order valence-corrected chi connectivity index (χ0v) is 15.7. The maximum Gasteiger partial charge on any atom is 0.338 e. The number of thioether (sulfide) groups is 1. The molecule has 0 aromatic heterocycles. The summed E-state index contributed by atoms with van der Waals surface area (Å²) in [4.78, 5) is 23.7. The van der Waals surface area contributed by atoms with E-state index in [-0.39, 0.29) is 5.91 Å². The summed E-state index contributed by atoms with van der Waals surface area (Å²) in [7, 11) is 0. The zero-order chi connectivity index (χ0) is 17.4. The first-order valence-electron chi connectivity index (χ1n) is 7.48. The molecule has 2 rings (SSSR count). The van der Waals surface area contributed by atoms with Gasteiger partial charge in [0.05, 0.1) is 17.9 Å². The first-order chi connectivity index (χ1) is 11.6. The number of anilines is 1. The lowest BCUT2D eigenvalue weighted by Crippen LogP contribution is -2.15. The third-order valence-electron chi connectivity index (χ3n) is 3.11. The number of nitrogens with one attached hydrogen (secondary N) is 1. The minimum Gasteiger partial charge on any atom is -0.462 e. The van der Waals surface area contributed by atoms with Crippen LogP contribution in [-0.2, 0) is 15.3 Å². The summed E-state index contributed by atoms with van der Waals surface area (Å²) in [5, 5.41) is 2.80. The van der Waals surface area contributed by atoms with E-state index < -0.39 is 5.97 Å². The topological polar surface area (TPSA) is 55.4 Å². The minimum absolute atomic E-state index is 0.104. The first kappa shape index (κ1) is 18.5. The standard InChI is InChI=1S/C18H18BrNO3S/c1-2-23-18(22)13-7-5-8-15(10-13)20-17(21)12-24-11-14-6-3-4-9-16(14)19/h3-10H,2,11-12H2,1H3,(H,20,21). The predicted molar refractivity (Wildman–Crippen MR) is 101 cm³/mol. The molecule has 1 amide bonds. The SMILES string of the molecule is CCOC(=O)c1cccc(NC(=O)CSCc2ccccc2Br)c1. The van der Waals surface area contributed by atoms with Gasteiger partial charge in [-0.1, -0.05) is 40.2 Å². The maximum atomic E-state index is 12.0. The molecule has 0 aliphatic rings. The fourth-order valence-electron chi connectivity index (χ4n) is 2.00. The van der Waals surface area contributed by atoms with Crippen LogP contribution in [0.15, 0.2) is 53.0 Å². The Balaban J connectivity index is 1.85. The molecule has 0 saturated heterocycles. The first-order valence-corrected chi connectivity index (χ1v) is 9.43. The summed E-state index contributed by atoms with van der Waals surface area (Å²) < 4.78 is 5.99. The van der Waals surface area contributed by atoms with E-state index in [2.05, 4.69) is 21.2 Å². The summed E-state index contributed by atoms with van der Waals surface area (Å²) in [5.74, 6) is 0.591. The molecule has 0 aliphatic heterocycles. The fourth-order valence-corrected chi connectivity index (χ4v) is 3.45. The van der Waals surface area contributed by atoms with Gasteiger partial charge in [-0.15, -0.1) is 11.8 Å². The van der Waals surface area contributed by atoms with E-state index >= 15 is 0 Å². The monoisotopic (exact) mass is 407 g/mol. The molecular formula is C18H18BrNO3S. The minimum atomic E-state index is -0.392. The largest absolute Gasteiger partial charge is 0.462 e. The van der Waals surface area contributed by atoms with Gasteiger partial charge >= 0.3 is 5.97 Å². The van der Waals surface area contributed by atoms with E-state index in [4.69, 9.17) is 4.74 Å². The number of hydrogen-bond donors (Lipinski definition) is 1. The summed E-state index contributed by atoms with van der Waals surface area (Å²) in [6, 6.07) is 14.7. The number of halogens is 1. The van der Waals surface area contributed by atoms with E-state index in [1.807, 2.05) is 24.3 Å². The van der Waals surface area contributed by atoms with E-state index in [1.165, 1.54) is 11.8 Å². The average molecular weight is 408 g/mol. The molecule has 0 heterocycles. The maximum absolute atomic E-state index is 12.0. The second-order valence-corrected chi connectivity index (χ2v) is 6.77. The number of ether oxygens (including phenoxy) is 1. The molecule has 0 saturated carbocycles. The third kappa shape index (κ3) is 5.69. The Labute approximate surface area is 154 Å². The lowest BCUT2D eigenvalue weighted by Gasteiger charge is -2.08. The Bertz CT molecular complexity index is 721. The molecule has 0 spiro atoms. The van der Waals surface area contributed by atoms with Crippen molar-refractivity contribution in [2.45, 2.75) is 12.7 Å². The van der Waals surface area contributed by atoms with Crippen LogP contribution in [0.2, 0.25) is 0 Å². The number of carbonyl (C=O) groups is 2. The van der Waals surface area contributed by atoms with Crippen molar-refractivity contribution in [3.63, 3.8) is 0 Å². The van der Waals surface area contributed by atoms with Crippen LogP contribution in [0.4, 0.5) is 5.69 Å². The number of rotatable bonds is 7. The lowest BCUT2D eigenvalue weighted by atomic mass is 10.2. The van der Waals surface area contributed by atoms with E-state index in [0.717, 1.165) is 15.8 Å². The second-order valence-electron chi connectivity index (χ2n) is 4.93. The van der Waals surface area contributed by atoms with Gasteiger partial charge in [0.25, 0.3) is 0 Å². The van der Waals surface area contributed by atoms with Crippen molar-refractivity contribution in [3.05, 3.63) is 64.1 Å². The van der Waals surface area contributed by atoms with Crippen molar-refractivity contribution >= 4 is 45.3 Å². The van der Waals surface area contributed by atoms with Gasteiger partial charge in [-0.2, -0.15) is 0 Å². The van der Waals surface area contributed by atoms with E-state index in [0.29, 0.717) is 23.6 Å². The molecule has 2 aromatic carbocycles. The molecule has 4 nitrogen and oxygen atoms in total. The molecule has 0 atom stereocenters. The van der Waals surface area contributed by atoms with Gasteiger partial charge in [0, 0.05) is 15.9 Å². The summed E-state index contributed by atoms with van der Waals surface area (Å²) in [6.45, 7) is 2.08. The normalized spacial score (nSPS) is 10.2. The molecule has 24 heavy (non-hydrogen) atoms. The van der Waals surface area contributed by atoms with Crippen molar-refractivity contribution < 1.29 is 14.3 Å². The van der Waals surface area contributed by atoms with Crippen LogP contribution < -0.4 is 5.32 Å². The molecule has 0 bridgehead atoms. The smallest absolute Gasteiger partial charge is 0.338 e. The number of benzene rings is 2. The number of esters is 1. The van der Waals surface area contributed by atoms with Gasteiger partial charge in [0.2, 0.25) is 5.91 Å². The molecule has 1 N–H and O–H groups in total. The number of hydrogen-bond acceptors (Lipinski definition) is 4. The predicted octanol–water partition coefficient (Wildman–Crippen LogP) is 4.50. The highest BCUT2D eigenvalue weighted by molar-refractivity contribution is 9.10. The zero-order valence-electron chi connectivity index (χ0n) is 13.3. The molecule has 0 fully saturated rings. The summed E-state index contributed by atoms with van der Waals surface area (Å²) in [6.07, 6.45) is 0. The van der Waals surface area contributed by atoms with Gasteiger partial charge in [-0.05, 0) is 36.8 Å². The third-order valence-corrected chi connectivity index (χ3v) is 4.86. The molecule has 6 heteroatoms.